The van der Waals surface area contributed by atoms with Crippen LogP contribution >= 0.6 is 15.9 Å². The van der Waals surface area contributed by atoms with Gasteiger partial charge in [0.2, 0.25) is 0 Å². The summed E-state index contributed by atoms with van der Waals surface area (Å²) in [6, 6.07) is 7.26. The van der Waals surface area contributed by atoms with Gasteiger partial charge in [0.15, 0.2) is 0 Å². The van der Waals surface area contributed by atoms with Crippen molar-refractivity contribution in [2.75, 3.05) is 0 Å². The summed E-state index contributed by atoms with van der Waals surface area (Å²) < 4.78 is 6.63. The Morgan fingerprint density at radius 3 is 2.39 bits per heavy atom. The van der Waals surface area contributed by atoms with Gasteiger partial charge in [-0.05, 0) is 61.8 Å². The number of ether oxygens (including phenoxy) is 1. The molecule has 1 N–H and O–H groups in total. The predicted molar refractivity (Wildman–Crippen MR) is 74.5 cm³/mol. The summed E-state index contributed by atoms with van der Waals surface area (Å²) in [6.07, 6.45) is 0.506. The van der Waals surface area contributed by atoms with Gasteiger partial charge in [-0.1, -0.05) is 0 Å². The Morgan fingerprint density at radius 1 is 1.33 bits per heavy atom. The molecule has 0 fully saturated rings. The summed E-state index contributed by atoms with van der Waals surface area (Å²) >= 11 is 3.38. The number of nitriles is 1. The zero-order valence-electron chi connectivity index (χ0n) is 11.1. The van der Waals surface area contributed by atoms with Gasteiger partial charge in [-0.2, -0.15) is 5.26 Å². The molecule has 1 aromatic rings. The van der Waals surface area contributed by atoms with E-state index in [-0.39, 0.29) is 0 Å². The third-order valence-corrected chi connectivity index (χ3v) is 2.93. The van der Waals surface area contributed by atoms with Crippen LogP contribution in [0.2, 0.25) is 0 Å². The van der Waals surface area contributed by atoms with Gasteiger partial charge in [-0.25, -0.2) is 0 Å². The third kappa shape index (κ3) is 4.67. The lowest BCUT2D eigenvalue weighted by Crippen LogP contribution is -2.37. The van der Waals surface area contributed by atoms with Gasteiger partial charge < -0.3 is 9.84 Å². The first-order chi connectivity index (χ1) is 8.13. The molecule has 0 radical (unpaired) electrons. The molecule has 18 heavy (non-hydrogen) atoms. The Balaban J connectivity index is 2.88. The van der Waals surface area contributed by atoms with Crippen molar-refractivity contribution in [2.45, 2.75) is 45.3 Å². The molecule has 0 aromatic heterocycles. The van der Waals surface area contributed by atoms with Crippen molar-refractivity contribution >= 4 is 15.9 Å². The van der Waals surface area contributed by atoms with E-state index in [0.29, 0.717) is 17.7 Å². The molecule has 98 valence electrons. The van der Waals surface area contributed by atoms with Crippen LogP contribution in [0.15, 0.2) is 22.7 Å². The van der Waals surface area contributed by atoms with E-state index in [1.165, 1.54) is 0 Å². The fraction of sp³-hybridized carbons (Fsp3) is 0.500. The Hall–Kier alpha value is -1.05. The highest BCUT2D eigenvalue weighted by atomic mass is 79.9. The Labute approximate surface area is 117 Å². The predicted octanol–water partition coefficient (Wildman–Crippen LogP) is 3.64. The first-order valence-electron chi connectivity index (χ1n) is 5.74. The van der Waals surface area contributed by atoms with Crippen LogP contribution in [0.5, 0.6) is 5.75 Å². The monoisotopic (exact) mass is 311 g/mol. The van der Waals surface area contributed by atoms with Crippen molar-refractivity contribution in [3.63, 3.8) is 0 Å². The number of nitrogens with zero attached hydrogens (tertiary/aromatic N) is 1. The minimum atomic E-state index is -0.789. The molecule has 0 amide bonds. The average molecular weight is 312 g/mol. The minimum Gasteiger partial charge on any atom is -0.487 e. The quantitative estimate of drug-likeness (QED) is 0.923. The largest absolute Gasteiger partial charge is 0.487 e. The van der Waals surface area contributed by atoms with E-state index in [4.69, 9.17) is 10.00 Å². The maximum absolute atomic E-state index is 9.85. The maximum atomic E-state index is 9.85. The molecule has 0 saturated heterocycles. The molecule has 0 aliphatic carbocycles. The van der Waals surface area contributed by atoms with Gasteiger partial charge in [0.05, 0.1) is 21.7 Å². The van der Waals surface area contributed by atoms with Crippen LogP contribution in [0.3, 0.4) is 0 Å². The smallest absolute Gasteiger partial charge is 0.134 e. The van der Waals surface area contributed by atoms with Crippen molar-refractivity contribution in [1.29, 1.82) is 5.26 Å². The van der Waals surface area contributed by atoms with Crippen LogP contribution in [0, 0.1) is 11.3 Å². The SMILES string of the molecule is CC(C)(O)CC(C)(C)Oc1ccc(C#N)cc1Br. The molecule has 0 saturated carbocycles. The second-order valence-electron chi connectivity index (χ2n) is 5.61. The van der Waals surface area contributed by atoms with Gasteiger partial charge in [-0.3, -0.25) is 0 Å². The van der Waals surface area contributed by atoms with Crippen LogP contribution < -0.4 is 4.74 Å². The van der Waals surface area contributed by atoms with Crippen LogP contribution in [-0.4, -0.2) is 16.3 Å². The van der Waals surface area contributed by atoms with Crippen LogP contribution in [-0.2, 0) is 0 Å². The molecule has 0 aliphatic rings. The summed E-state index contributed by atoms with van der Waals surface area (Å²) in [6.45, 7) is 7.36. The molecule has 0 spiro atoms. The topological polar surface area (TPSA) is 53.2 Å². The lowest BCUT2D eigenvalue weighted by Gasteiger charge is -2.32. The molecule has 1 aromatic carbocycles. The molecular formula is C14H18BrNO2. The maximum Gasteiger partial charge on any atom is 0.134 e. The van der Waals surface area contributed by atoms with E-state index < -0.39 is 11.2 Å². The van der Waals surface area contributed by atoms with Gasteiger partial charge >= 0.3 is 0 Å². The van der Waals surface area contributed by atoms with Crippen molar-refractivity contribution in [2.24, 2.45) is 0 Å². The van der Waals surface area contributed by atoms with Gasteiger partial charge in [-0.15, -0.1) is 0 Å². The molecule has 0 bridgehead atoms. The first-order valence-corrected chi connectivity index (χ1v) is 6.53. The molecular weight excluding hydrogens is 294 g/mol. The van der Waals surface area contributed by atoms with Crippen LogP contribution in [0.1, 0.15) is 39.7 Å². The van der Waals surface area contributed by atoms with Gasteiger partial charge in [0.1, 0.15) is 11.4 Å². The molecule has 1 rings (SSSR count). The van der Waals surface area contributed by atoms with Crippen molar-refractivity contribution in [3.8, 4) is 11.8 Å². The van der Waals surface area contributed by atoms with E-state index >= 15 is 0 Å². The van der Waals surface area contributed by atoms with Crippen LogP contribution in [0.25, 0.3) is 0 Å². The highest BCUT2D eigenvalue weighted by molar-refractivity contribution is 9.10. The number of rotatable bonds is 4. The summed E-state index contributed by atoms with van der Waals surface area (Å²) in [4.78, 5) is 0. The molecule has 0 heterocycles. The molecule has 0 unspecified atom stereocenters. The number of aliphatic hydroxyl groups is 1. The van der Waals surface area contributed by atoms with E-state index in [1.54, 1.807) is 32.0 Å². The number of benzene rings is 1. The van der Waals surface area contributed by atoms with E-state index in [2.05, 4.69) is 22.0 Å². The average Bonchev–Trinajstić information content (AvgIpc) is 2.17. The number of hydrogen-bond acceptors (Lipinski definition) is 3. The Morgan fingerprint density at radius 2 is 1.94 bits per heavy atom. The summed E-state index contributed by atoms with van der Waals surface area (Å²) in [5.41, 5.74) is -0.702. The number of halogens is 1. The van der Waals surface area contributed by atoms with Gasteiger partial charge in [0, 0.05) is 6.42 Å². The molecule has 4 heteroatoms. The summed E-state index contributed by atoms with van der Waals surface area (Å²) in [7, 11) is 0. The third-order valence-electron chi connectivity index (χ3n) is 2.31. The van der Waals surface area contributed by atoms with Crippen molar-refractivity contribution in [1.82, 2.24) is 0 Å². The van der Waals surface area contributed by atoms with E-state index in [0.717, 1.165) is 4.47 Å². The van der Waals surface area contributed by atoms with Gasteiger partial charge in [0.25, 0.3) is 0 Å². The molecule has 3 nitrogen and oxygen atoms in total. The van der Waals surface area contributed by atoms with Crippen LogP contribution in [0.4, 0.5) is 0 Å². The summed E-state index contributed by atoms with van der Waals surface area (Å²) in [5, 5.41) is 18.6. The zero-order chi connectivity index (χ0) is 14.0. The highest BCUT2D eigenvalue weighted by Crippen LogP contribution is 2.32. The standard InChI is InChI=1S/C14H18BrNO2/c1-13(2,17)9-14(3,4)18-12-6-5-10(8-16)7-11(12)15/h5-7,17H,9H2,1-4H3. The second-order valence-corrected chi connectivity index (χ2v) is 6.46. The molecule has 0 atom stereocenters. The lowest BCUT2D eigenvalue weighted by atomic mass is 9.92. The fourth-order valence-electron chi connectivity index (χ4n) is 2.03. The Bertz CT molecular complexity index is 470. The molecule has 0 aliphatic heterocycles. The first kappa shape index (κ1) is 15.0. The van der Waals surface area contributed by atoms with Crippen molar-refractivity contribution in [3.05, 3.63) is 28.2 Å². The number of hydrogen-bond donors (Lipinski definition) is 1. The minimum absolute atomic E-state index is 0.491. The van der Waals surface area contributed by atoms with E-state index in [9.17, 15) is 5.11 Å². The normalized spacial score (nSPS) is 12.1. The Kier molecular flexibility index (Phi) is 4.41. The van der Waals surface area contributed by atoms with E-state index in [1.807, 2.05) is 13.8 Å². The fourth-order valence-corrected chi connectivity index (χ4v) is 2.49. The zero-order valence-corrected chi connectivity index (χ0v) is 12.7. The summed E-state index contributed by atoms with van der Waals surface area (Å²) in [5.74, 6) is 0.670. The lowest BCUT2D eigenvalue weighted by molar-refractivity contribution is -0.0109. The highest BCUT2D eigenvalue weighted by Gasteiger charge is 2.29. The second kappa shape index (κ2) is 5.29. The van der Waals surface area contributed by atoms with Crippen molar-refractivity contribution < 1.29 is 9.84 Å².